The molecule has 3 rings (SSSR count). The first-order valence-corrected chi connectivity index (χ1v) is 10.1. The number of ether oxygens (including phenoxy) is 1. The van der Waals surface area contributed by atoms with Crippen LogP contribution in [-0.4, -0.2) is 30.0 Å². The molecule has 1 unspecified atom stereocenters. The number of piperidine rings is 1. The van der Waals surface area contributed by atoms with Crippen LogP contribution in [0.2, 0.25) is 0 Å². The number of benzene rings is 1. The van der Waals surface area contributed by atoms with Crippen LogP contribution in [0.4, 0.5) is 0 Å². The second-order valence-corrected chi connectivity index (χ2v) is 7.52. The highest BCUT2D eigenvalue weighted by atomic mass is 16.5. The number of carbonyl (C=O) groups is 1. The molecule has 4 heteroatoms. The third-order valence-electron chi connectivity index (χ3n) is 5.67. The molecule has 146 valence electrons. The second kappa shape index (κ2) is 8.20. The van der Waals surface area contributed by atoms with Crippen LogP contribution in [0.3, 0.4) is 0 Å². The lowest BCUT2D eigenvalue weighted by molar-refractivity contribution is -0.129. The van der Waals surface area contributed by atoms with Crippen molar-refractivity contribution in [3.05, 3.63) is 35.1 Å². The molecule has 1 atom stereocenters. The highest BCUT2D eigenvalue weighted by Gasteiger charge is 2.25. The van der Waals surface area contributed by atoms with Gasteiger partial charge in [0.15, 0.2) is 0 Å². The zero-order valence-corrected chi connectivity index (χ0v) is 17.2. The van der Waals surface area contributed by atoms with Crippen molar-refractivity contribution >= 4 is 22.4 Å². The van der Waals surface area contributed by atoms with Crippen LogP contribution in [0.25, 0.3) is 16.5 Å². The first-order chi connectivity index (χ1) is 13.0. The van der Waals surface area contributed by atoms with E-state index in [0.29, 0.717) is 12.6 Å². The lowest BCUT2D eigenvalue weighted by Crippen LogP contribution is -2.42. The van der Waals surface area contributed by atoms with E-state index < -0.39 is 0 Å². The van der Waals surface area contributed by atoms with E-state index in [9.17, 15) is 4.79 Å². The van der Waals surface area contributed by atoms with E-state index in [-0.39, 0.29) is 5.91 Å². The smallest absolute Gasteiger partial charge is 0.247 e. The number of amides is 1. The maximum atomic E-state index is 13.0. The molecule has 0 N–H and O–H groups in total. The van der Waals surface area contributed by atoms with Gasteiger partial charge < -0.3 is 14.1 Å². The highest BCUT2D eigenvalue weighted by Crippen LogP contribution is 2.37. The summed E-state index contributed by atoms with van der Waals surface area (Å²) in [6.45, 7) is 11.6. The van der Waals surface area contributed by atoms with Gasteiger partial charge in [-0.05, 0) is 70.6 Å². The predicted molar refractivity (Wildman–Crippen MR) is 110 cm³/mol. The van der Waals surface area contributed by atoms with Crippen molar-refractivity contribution in [1.29, 1.82) is 0 Å². The van der Waals surface area contributed by atoms with Gasteiger partial charge in [0, 0.05) is 35.2 Å². The number of fused-ring (bicyclic) bond motifs is 1. The number of nitrogens with zero attached hydrogens (tertiary/aromatic N) is 1. The number of allylic oxidation sites excluding steroid dienone is 1. The Morgan fingerprint density at radius 2 is 2.11 bits per heavy atom. The summed E-state index contributed by atoms with van der Waals surface area (Å²) in [6.07, 6.45) is 8.00. The lowest BCUT2D eigenvalue weighted by Gasteiger charge is -2.34. The minimum Gasteiger partial charge on any atom is -0.493 e. The molecule has 1 aromatic carbocycles. The Labute approximate surface area is 162 Å². The Morgan fingerprint density at radius 1 is 1.33 bits per heavy atom. The summed E-state index contributed by atoms with van der Waals surface area (Å²) < 4.78 is 11.7. The summed E-state index contributed by atoms with van der Waals surface area (Å²) in [5, 5.41) is 1.08. The van der Waals surface area contributed by atoms with Gasteiger partial charge in [-0.15, -0.1) is 0 Å². The van der Waals surface area contributed by atoms with E-state index in [1.54, 1.807) is 12.3 Å². The van der Waals surface area contributed by atoms with Gasteiger partial charge in [-0.1, -0.05) is 6.92 Å². The Morgan fingerprint density at radius 3 is 2.81 bits per heavy atom. The summed E-state index contributed by atoms with van der Waals surface area (Å²) in [5.41, 5.74) is 4.86. The number of hydrogen-bond donors (Lipinski definition) is 0. The van der Waals surface area contributed by atoms with Crippen LogP contribution in [0.1, 0.15) is 63.1 Å². The minimum atomic E-state index is 0.114. The molecular formula is C23H31NO3. The van der Waals surface area contributed by atoms with Crippen LogP contribution in [0, 0.1) is 13.8 Å². The Bertz CT molecular complexity index is 862. The van der Waals surface area contributed by atoms with Gasteiger partial charge in [0.05, 0.1) is 12.9 Å². The van der Waals surface area contributed by atoms with E-state index in [0.717, 1.165) is 64.8 Å². The molecule has 0 spiro atoms. The van der Waals surface area contributed by atoms with Crippen molar-refractivity contribution in [3.8, 4) is 5.75 Å². The van der Waals surface area contributed by atoms with Gasteiger partial charge in [0.25, 0.3) is 0 Å². The number of aryl methyl sites for hydroxylation is 2. The third-order valence-corrected chi connectivity index (χ3v) is 5.67. The van der Waals surface area contributed by atoms with Crippen molar-refractivity contribution in [2.45, 2.75) is 66.3 Å². The van der Waals surface area contributed by atoms with E-state index in [1.807, 2.05) is 32.6 Å². The average Bonchev–Trinajstić information content (AvgIpc) is 3.04. The lowest BCUT2D eigenvalue weighted by atomic mass is 9.97. The van der Waals surface area contributed by atoms with E-state index in [2.05, 4.69) is 13.0 Å². The first kappa shape index (κ1) is 19.5. The third kappa shape index (κ3) is 3.76. The van der Waals surface area contributed by atoms with Crippen LogP contribution >= 0.6 is 0 Å². The molecule has 2 heterocycles. The van der Waals surface area contributed by atoms with Crippen molar-refractivity contribution in [1.82, 2.24) is 4.90 Å². The van der Waals surface area contributed by atoms with E-state index in [1.165, 1.54) is 6.42 Å². The maximum absolute atomic E-state index is 13.0. The molecule has 1 fully saturated rings. The van der Waals surface area contributed by atoms with Gasteiger partial charge in [0.2, 0.25) is 5.91 Å². The average molecular weight is 370 g/mol. The quantitative estimate of drug-likeness (QED) is 0.640. The summed E-state index contributed by atoms with van der Waals surface area (Å²) in [6, 6.07) is 2.46. The van der Waals surface area contributed by atoms with Gasteiger partial charge >= 0.3 is 0 Å². The molecule has 1 saturated heterocycles. The van der Waals surface area contributed by atoms with E-state index in [4.69, 9.17) is 9.15 Å². The standard InChI is InChI=1S/C23H31NO3/c1-6-18-10-8-9-11-24(18)21(25)12-15(3)19-13-20-16(4)14-27-23(20)17(5)22(19)26-7-2/h12-14,18H,6-11H2,1-5H3/b15-12+. The molecule has 0 saturated carbocycles. The molecule has 27 heavy (non-hydrogen) atoms. The molecule has 1 aromatic heterocycles. The molecule has 0 aliphatic carbocycles. The van der Waals surface area contributed by atoms with Crippen molar-refractivity contribution in [3.63, 3.8) is 0 Å². The number of rotatable bonds is 5. The van der Waals surface area contributed by atoms with Crippen LogP contribution in [0.5, 0.6) is 5.75 Å². The van der Waals surface area contributed by atoms with Crippen LogP contribution < -0.4 is 4.74 Å². The number of hydrogen-bond acceptors (Lipinski definition) is 3. The fourth-order valence-corrected chi connectivity index (χ4v) is 4.12. The molecule has 0 radical (unpaired) electrons. The minimum absolute atomic E-state index is 0.114. The molecule has 1 aliphatic rings. The monoisotopic (exact) mass is 369 g/mol. The topological polar surface area (TPSA) is 42.7 Å². The number of carbonyl (C=O) groups excluding carboxylic acids is 1. The SMILES string of the molecule is CCOc1c(/C(C)=C/C(=O)N2CCCCC2CC)cc2c(C)coc2c1C. The summed E-state index contributed by atoms with van der Waals surface area (Å²) in [5.74, 6) is 0.926. The highest BCUT2D eigenvalue weighted by molar-refractivity contribution is 5.98. The molecule has 4 nitrogen and oxygen atoms in total. The fraction of sp³-hybridized carbons (Fsp3) is 0.522. The molecule has 1 amide bonds. The second-order valence-electron chi connectivity index (χ2n) is 7.52. The molecule has 2 aromatic rings. The first-order valence-electron chi connectivity index (χ1n) is 10.1. The van der Waals surface area contributed by atoms with Crippen molar-refractivity contribution < 1.29 is 13.9 Å². The maximum Gasteiger partial charge on any atom is 0.247 e. The van der Waals surface area contributed by atoms with Crippen molar-refractivity contribution in [2.75, 3.05) is 13.2 Å². The van der Waals surface area contributed by atoms with Crippen LogP contribution in [0.15, 0.2) is 22.8 Å². The summed E-state index contributed by atoms with van der Waals surface area (Å²) in [7, 11) is 0. The Hall–Kier alpha value is -2.23. The van der Waals surface area contributed by atoms with Gasteiger partial charge in [-0.3, -0.25) is 4.79 Å². The zero-order chi connectivity index (χ0) is 19.6. The van der Waals surface area contributed by atoms with Crippen LogP contribution in [-0.2, 0) is 4.79 Å². The van der Waals surface area contributed by atoms with Gasteiger partial charge in [-0.25, -0.2) is 0 Å². The summed E-state index contributed by atoms with van der Waals surface area (Å²) >= 11 is 0. The fourth-order valence-electron chi connectivity index (χ4n) is 4.12. The molecule has 0 bridgehead atoms. The molecular weight excluding hydrogens is 338 g/mol. The Balaban J connectivity index is 2.01. The Kier molecular flexibility index (Phi) is 5.93. The van der Waals surface area contributed by atoms with E-state index >= 15 is 0 Å². The largest absolute Gasteiger partial charge is 0.493 e. The van der Waals surface area contributed by atoms with Gasteiger partial charge in [0.1, 0.15) is 11.3 Å². The zero-order valence-electron chi connectivity index (χ0n) is 17.2. The number of furan rings is 1. The predicted octanol–water partition coefficient (Wildman–Crippen LogP) is 5.64. The van der Waals surface area contributed by atoms with Gasteiger partial charge in [-0.2, -0.15) is 0 Å². The normalized spacial score (nSPS) is 18.2. The summed E-state index contributed by atoms with van der Waals surface area (Å²) in [4.78, 5) is 15.0. The van der Waals surface area contributed by atoms with Crippen molar-refractivity contribution in [2.24, 2.45) is 0 Å². The number of likely N-dealkylation sites (tertiary alicyclic amines) is 1. The molecule has 1 aliphatic heterocycles.